The molecule has 0 aliphatic rings. The van der Waals surface area contributed by atoms with Crippen LogP contribution in [-0.2, 0) is 11.2 Å². The lowest BCUT2D eigenvalue weighted by molar-refractivity contribution is -0.118. The van der Waals surface area contributed by atoms with Crippen molar-refractivity contribution in [1.29, 1.82) is 0 Å². The molecule has 1 amide bonds. The molecule has 2 atom stereocenters. The third-order valence-electron chi connectivity index (χ3n) is 2.85. The van der Waals surface area contributed by atoms with Crippen LogP contribution in [0, 0.1) is 5.92 Å². The first-order valence-electron chi connectivity index (χ1n) is 5.95. The van der Waals surface area contributed by atoms with Gasteiger partial charge >= 0.3 is 0 Å². The van der Waals surface area contributed by atoms with Gasteiger partial charge in [-0.15, -0.1) is 12.4 Å². The average Bonchev–Trinajstić information content (AvgIpc) is 2.37. The third-order valence-corrected chi connectivity index (χ3v) is 2.85. The minimum Gasteiger partial charge on any atom is -0.322 e. The van der Waals surface area contributed by atoms with Crippen molar-refractivity contribution in [3.05, 3.63) is 18.2 Å². The molecule has 1 heterocycles. The molecule has 0 fully saturated rings. The molecule has 0 bridgehead atoms. The maximum atomic E-state index is 11.8. The Hall–Kier alpha value is -1.20. The topological polar surface area (TPSA) is 80.9 Å². The number of carbonyl (C=O) groups is 1. The van der Waals surface area contributed by atoms with Crippen molar-refractivity contribution < 1.29 is 4.79 Å². The van der Waals surface area contributed by atoms with Gasteiger partial charge in [0.2, 0.25) is 5.91 Å². The quantitative estimate of drug-likeness (QED) is 0.856. The molecule has 0 saturated heterocycles. The standard InChI is InChI=1S/C12H20N4O.ClH/c1-4-8(3)11(13)12(17)16-9-6-14-10(5-2)15-7-9;/h6-8,11H,4-5,13H2,1-3H3,(H,16,17);1H. The van der Waals surface area contributed by atoms with Crippen LogP contribution in [0.5, 0.6) is 0 Å². The lowest BCUT2D eigenvalue weighted by Gasteiger charge is -2.17. The van der Waals surface area contributed by atoms with Gasteiger partial charge in [0.05, 0.1) is 24.1 Å². The Labute approximate surface area is 114 Å². The van der Waals surface area contributed by atoms with E-state index in [1.165, 1.54) is 0 Å². The number of aromatic nitrogens is 2. The molecule has 5 nitrogen and oxygen atoms in total. The highest BCUT2D eigenvalue weighted by Crippen LogP contribution is 2.09. The monoisotopic (exact) mass is 272 g/mol. The third kappa shape index (κ3) is 4.58. The van der Waals surface area contributed by atoms with E-state index < -0.39 is 6.04 Å². The van der Waals surface area contributed by atoms with Gasteiger partial charge in [-0.25, -0.2) is 9.97 Å². The van der Waals surface area contributed by atoms with E-state index in [0.717, 1.165) is 18.7 Å². The van der Waals surface area contributed by atoms with Crippen LogP contribution in [0.2, 0.25) is 0 Å². The van der Waals surface area contributed by atoms with Crippen molar-refractivity contribution in [3.63, 3.8) is 0 Å². The molecule has 1 aromatic rings. The summed E-state index contributed by atoms with van der Waals surface area (Å²) >= 11 is 0. The van der Waals surface area contributed by atoms with Gasteiger partial charge in [0.1, 0.15) is 5.82 Å². The fraction of sp³-hybridized carbons (Fsp3) is 0.583. The Kier molecular flexibility index (Phi) is 7.47. The maximum Gasteiger partial charge on any atom is 0.241 e. The number of amides is 1. The second-order valence-corrected chi connectivity index (χ2v) is 4.14. The molecule has 0 aliphatic carbocycles. The number of aryl methyl sites for hydroxylation is 1. The number of nitrogens with one attached hydrogen (secondary N) is 1. The Morgan fingerprint density at radius 1 is 1.39 bits per heavy atom. The zero-order valence-corrected chi connectivity index (χ0v) is 11.8. The van der Waals surface area contributed by atoms with Crippen molar-refractivity contribution in [2.24, 2.45) is 11.7 Å². The van der Waals surface area contributed by atoms with Crippen molar-refractivity contribution in [3.8, 4) is 0 Å². The summed E-state index contributed by atoms with van der Waals surface area (Å²) in [6, 6.07) is -0.495. The van der Waals surface area contributed by atoms with Crippen LogP contribution in [0.25, 0.3) is 0 Å². The van der Waals surface area contributed by atoms with E-state index in [2.05, 4.69) is 15.3 Å². The number of nitrogens with two attached hydrogens (primary N) is 1. The molecule has 6 heteroatoms. The highest BCUT2D eigenvalue weighted by Gasteiger charge is 2.19. The predicted molar refractivity (Wildman–Crippen MR) is 74.7 cm³/mol. The second-order valence-electron chi connectivity index (χ2n) is 4.14. The van der Waals surface area contributed by atoms with E-state index in [1.807, 2.05) is 20.8 Å². The summed E-state index contributed by atoms with van der Waals surface area (Å²) in [6.07, 6.45) is 4.86. The number of rotatable bonds is 5. The summed E-state index contributed by atoms with van der Waals surface area (Å²) < 4.78 is 0. The van der Waals surface area contributed by atoms with Gasteiger partial charge in [0.25, 0.3) is 0 Å². The van der Waals surface area contributed by atoms with E-state index in [9.17, 15) is 4.79 Å². The van der Waals surface area contributed by atoms with Crippen LogP contribution in [0.4, 0.5) is 5.69 Å². The first-order valence-corrected chi connectivity index (χ1v) is 5.95. The van der Waals surface area contributed by atoms with Crippen LogP contribution < -0.4 is 11.1 Å². The molecule has 18 heavy (non-hydrogen) atoms. The largest absolute Gasteiger partial charge is 0.322 e. The minimum absolute atomic E-state index is 0. The van der Waals surface area contributed by atoms with Crippen LogP contribution in [0.15, 0.2) is 12.4 Å². The Balaban J connectivity index is 0.00000289. The lowest BCUT2D eigenvalue weighted by Crippen LogP contribution is -2.40. The normalized spacial score (nSPS) is 13.3. The fourth-order valence-electron chi connectivity index (χ4n) is 1.34. The zero-order chi connectivity index (χ0) is 12.8. The molecule has 1 aromatic heterocycles. The lowest BCUT2D eigenvalue weighted by atomic mass is 9.99. The van der Waals surface area contributed by atoms with E-state index in [4.69, 9.17) is 5.73 Å². The van der Waals surface area contributed by atoms with Crippen LogP contribution >= 0.6 is 12.4 Å². The van der Waals surface area contributed by atoms with Gasteiger partial charge in [-0.05, 0) is 5.92 Å². The second kappa shape index (κ2) is 8.00. The Morgan fingerprint density at radius 3 is 2.39 bits per heavy atom. The minimum atomic E-state index is -0.495. The van der Waals surface area contributed by atoms with Crippen molar-refractivity contribution >= 4 is 24.0 Å². The summed E-state index contributed by atoms with van der Waals surface area (Å²) in [5.74, 6) is 0.729. The molecular weight excluding hydrogens is 252 g/mol. The van der Waals surface area contributed by atoms with Gasteiger partial charge in [0.15, 0.2) is 0 Å². The van der Waals surface area contributed by atoms with E-state index in [0.29, 0.717) is 5.69 Å². The highest BCUT2D eigenvalue weighted by molar-refractivity contribution is 5.94. The van der Waals surface area contributed by atoms with Gasteiger partial charge in [0, 0.05) is 6.42 Å². The Morgan fingerprint density at radius 2 is 1.94 bits per heavy atom. The summed E-state index contributed by atoms with van der Waals surface area (Å²) in [5, 5.41) is 2.72. The fourth-order valence-corrected chi connectivity index (χ4v) is 1.34. The summed E-state index contributed by atoms with van der Waals surface area (Å²) in [4.78, 5) is 20.0. The van der Waals surface area contributed by atoms with Gasteiger partial charge < -0.3 is 11.1 Å². The number of halogens is 1. The molecule has 102 valence electrons. The molecule has 0 saturated carbocycles. The Bertz CT molecular complexity index is 369. The molecule has 1 rings (SSSR count). The number of anilines is 1. The maximum absolute atomic E-state index is 11.8. The number of hydrogen-bond acceptors (Lipinski definition) is 4. The van der Waals surface area contributed by atoms with Gasteiger partial charge in [-0.1, -0.05) is 27.2 Å². The van der Waals surface area contributed by atoms with Crippen molar-refractivity contribution in [2.75, 3.05) is 5.32 Å². The van der Waals surface area contributed by atoms with Crippen molar-refractivity contribution in [2.45, 2.75) is 39.7 Å². The van der Waals surface area contributed by atoms with Gasteiger partial charge in [-0.2, -0.15) is 0 Å². The summed E-state index contributed by atoms with van der Waals surface area (Å²) in [7, 11) is 0. The highest BCUT2D eigenvalue weighted by atomic mass is 35.5. The number of nitrogens with zero attached hydrogens (tertiary/aromatic N) is 2. The van der Waals surface area contributed by atoms with E-state index in [-0.39, 0.29) is 24.2 Å². The smallest absolute Gasteiger partial charge is 0.241 e. The first kappa shape index (κ1) is 16.8. The van der Waals surface area contributed by atoms with E-state index in [1.54, 1.807) is 12.4 Å². The molecule has 0 aromatic carbocycles. The van der Waals surface area contributed by atoms with Crippen molar-refractivity contribution in [1.82, 2.24) is 9.97 Å². The number of carbonyl (C=O) groups excluding carboxylic acids is 1. The van der Waals surface area contributed by atoms with E-state index >= 15 is 0 Å². The number of hydrogen-bond donors (Lipinski definition) is 2. The molecule has 3 N–H and O–H groups in total. The van der Waals surface area contributed by atoms with Crippen LogP contribution in [-0.4, -0.2) is 21.9 Å². The van der Waals surface area contributed by atoms with Crippen LogP contribution in [0.1, 0.15) is 33.0 Å². The SMILES string of the molecule is CCc1ncc(NC(=O)C(N)C(C)CC)cn1.Cl. The summed E-state index contributed by atoms with van der Waals surface area (Å²) in [5.41, 5.74) is 6.41. The molecule has 0 spiro atoms. The molecule has 0 radical (unpaired) electrons. The molecular formula is C12H21ClN4O. The molecule has 2 unspecified atom stereocenters. The first-order chi connectivity index (χ1) is 8.08. The van der Waals surface area contributed by atoms with Crippen LogP contribution in [0.3, 0.4) is 0 Å². The van der Waals surface area contributed by atoms with Gasteiger partial charge in [-0.3, -0.25) is 4.79 Å². The average molecular weight is 273 g/mol. The molecule has 0 aliphatic heterocycles. The zero-order valence-electron chi connectivity index (χ0n) is 11.0. The summed E-state index contributed by atoms with van der Waals surface area (Å²) in [6.45, 7) is 5.95. The predicted octanol–water partition coefficient (Wildman–Crippen LogP) is 1.77.